The SMILES string of the molecule is O/C(=C\C(=[OH+])c1ccc2ccccc2c1)C(F)(F)F.[CH2-][n+]1cccc2ccc3cccnc3c21.[Eu]. The monoisotopic (exact) mass is 614 g/mol. The van der Waals surface area contributed by atoms with Gasteiger partial charge < -0.3 is 9.67 Å². The molecule has 1 radical (unpaired) electrons. The van der Waals surface area contributed by atoms with E-state index in [1.165, 1.54) is 11.5 Å². The molecular weight excluding hydrogens is 593 g/mol. The second kappa shape index (κ2) is 11.3. The molecule has 0 atom stereocenters. The van der Waals surface area contributed by atoms with Crippen LogP contribution in [0.15, 0.2) is 103 Å². The first-order chi connectivity index (χ1) is 16.2. The molecule has 3 aromatic carbocycles. The van der Waals surface area contributed by atoms with Crippen LogP contribution in [0, 0.1) is 56.4 Å². The van der Waals surface area contributed by atoms with Crippen molar-refractivity contribution >= 4 is 38.4 Å². The summed E-state index contributed by atoms with van der Waals surface area (Å²) in [6, 6.07) is 24.2. The Balaban J connectivity index is 0.000000194. The molecule has 0 spiro atoms. The van der Waals surface area contributed by atoms with Crippen molar-refractivity contribution in [1.82, 2.24) is 4.98 Å². The van der Waals surface area contributed by atoms with Crippen LogP contribution < -0.4 is 4.57 Å². The number of allylic oxidation sites excluding steroid dienone is 2. The first-order valence-corrected chi connectivity index (χ1v) is 10.3. The van der Waals surface area contributed by atoms with Gasteiger partial charge in [-0.3, -0.25) is 9.78 Å². The summed E-state index contributed by atoms with van der Waals surface area (Å²) in [4.78, 5) is 14.0. The van der Waals surface area contributed by atoms with E-state index in [0.29, 0.717) is 6.08 Å². The number of pyridine rings is 2. The fraction of sp³-hybridized carbons (Fsp3) is 0.0370. The van der Waals surface area contributed by atoms with Crippen molar-refractivity contribution in [3.63, 3.8) is 0 Å². The van der Waals surface area contributed by atoms with Gasteiger partial charge in [0, 0.05) is 62.6 Å². The maximum absolute atomic E-state index is 12.1. The van der Waals surface area contributed by atoms with E-state index in [-0.39, 0.29) is 54.9 Å². The molecule has 0 amide bonds. The number of carbonyl (C=O) groups excluding carboxylic acids is 1. The molecule has 0 saturated heterocycles. The van der Waals surface area contributed by atoms with Crippen LogP contribution in [0.2, 0.25) is 0 Å². The summed E-state index contributed by atoms with van der Waals surface area (Å²) in [5.41, 5.74) is 2.29. The Bertz CT molecular complexity index is 1550. The van der Waals surface area contributed by atoms with Crippen molar-refractivity contribution in [1.29, 1.82) is 0 Å². The molecule has 8 heteroatoms. The van der Waals surface area contributed by atoms with Gasteiger partial charge in [0.1, 0.15) is 5.52 Å². The number of aromatic nitrogens is 2. The fourth-order valence-corrected chi connectivity index (χ4v) is 3.55. The molecule has 0 aliphatic carbocycles. The minimum Gasteiger partial charge on any atom is -0.504 e. The van der Waals surface area contributed by atoms with E-state index in [0.717, 1.165) is 27.2 Å². The number of alkyl halides is 3. The van der Waals surface area contributed by atoms with E-state index in [4.69, 9.17) is 5.11 Å². The molecule has 177 valence electrons. The number of aliphatic hydroxyl groups excluding tert-OH is 1. The van der Waals surface area contributed by atoms with Gasteiger partial charge >= 0.3 is 12.0 Å². The summed E-state index contributed by atoms with van der Waals surface area (Å²) in [6.45, 7) is 0. The van der Waals surface area contributed by atoms with E-state index in [1.807, 2.05) is 41.2 Å². The largest absolute Gasteiger partial charge is 0.504 e. The third-order valence-electron chi connectivity index (χ3n) is 5.22. The minimum atomic E-state index is -4.87. The van der Waals surface area contributed by atoms with E-state index in [1.54, 1.807) is 24.3 Å². The second-order valence-corrected chi connectivity index (χ2v) is 7.53. The number of fused-ring (bicyclic) bond motifs is 4. The zero-order chi connectivity index (χ0) is 24.3. The fourth-order valence-electron chi connectivity index (χ4n) is 3.55. The number of aliphatic hydroxyl groups is 1. The zero-order valence-electron chi connectivity index (χ0n) is 18.2. The molecule has 0 aliphatic rings. The molecular formula is C27H20EuF3N2O2+. The first-order valence-electron chi connectivity index (χ1n) is 10.3. The maximum Gasteiger partial charge on any atom is 0.449 e. The number of hydrogen-bond acceptors (Lipinski definition) is 2. The molecule has 4 nitrogen and oxygen atoms in total. The molecule has 0 bridgehead atoms. The zero-order valence-corrected chi connectivity index (χ0v) is 20.7. The number of benzene rings is 3. The van der Waals surface area contributed by atoms with Crippen LogP contribution in [-0.4, -0.2) is 26.8 Å². The Morgan fingerprint density at radius 1 is 0.886 bits per heavy atom. The van der Waals surface area contributed by atoms with Gasteiger partial charge in [-0.15, -0.1) is 0 Å². The third kappa shape index (κ3) is 6.26. The molecule has 2 N–H and O–H groups in total. The summed E-state index contributed by atoms with van der Waals surface area (Å²) < 4.78 is 38.3. The van der Waals surface area contributed by atoms with Crippen molar-refractivity contribution in [2.24, 2.45) is 0 Å². The summed E-state index contributed by atoms with van der Waals surface area (Å²) in [5, 5.41) is 12.8. The van der Waals surface area contributed by atoms with Gasteiger partial charge in [0.05, 0.1) is 23.4 Å². The minimum absolute atomic E-state index is 0. The van der Waals surface area contributed by atoms with Crippen LogP contribution in [0.5, 0.6) is 0 Å². The van der Waals surface area contributed by atoms with E-state index < -0.39 is 17.7 Å². The van der Waals surface area contributed by atoms with Gasteiger partial charge in [-0.2, -0.15) is 13.2 Å². The Kier molecular flexibility index (Phi) is 8.64. The number of hydrogen-bond donors (Lipinski definition) is 1. The van der Waals surface area contributed by atoms with Crippen LogP contribution in [0.1, 0.15) is 5.56 Å². The van der Waals surface area contributed by atoms with E-state index in [9.17, 15) is 18.0 Å². The van der Waals surface area contributed by atoms with Gasteiger partial charge in [0.15, 0.2) is 0 Å². The van der Waals surface area contributed by atoms with Gasteiger partial charge in [-0.05, 0) is 39.7 Å². The van der Waals surface area contributed by atoms with E-state index in [2.05, 4.69) is 36.3 Å². The normalized spacial score (nSPS) is 11.6. The van der Waals surface area contributed by atoms with Gasteiger partial charge in [0.2, 0.25) is 5.76 Å². The van der Waals surface area contributed by atoms with Crippen LogP contribution in [0.4, 0.5) is 13.2 Å². The van der Waals surface area contributed by atoms with Crippen LogP contribution in [0.3, 0.4) is 0 Å². The molecule has 5 aromatic rings. The molecule has 2 aromatic heterocycles. The molecule has 0 aliphatic heterocycles. The van der Waals surface area contributed by atoms with Crippen molar-refractivity contribution in [2.45, 2.75) is 6.18 Å². The van der Waals surface area contributed by atoms with Crippen LogP contribution >= 0.6 is 0 Å². The number of rotatable bonds is 2. The molecule has 5 rings (SSSR count). The Morgan fingerprint density at radius 2 is 1.51 bits per heavy atom. The topological polar surface area (TPSA) is 58.4 Å². The summed E-state index contributed by atoms with van der Waals surface area (Å²) in [5.74, 6) is -2.47. The standard InChI is InChI=1S/C14H9F3O2.C13H10N2.Eu/c15-14(16,17)13(19)8-12(18)11-6-5-9-3-1-2-4-10(9)7-11;1-15-9-3-5-11-7-6-10-4-2-8-14-12(10)13(11)15;/h1-8,19H;2-9H,1H2;/p+1/b13-8-;;. The predicted octanol–water partition coefficient (Wildman–Crippen LogP) is 6.05. The van der Waals surface area contributed by atoms with Crippen molar-refractivity contribution < 1.29 is 77.0 Å². The third-order valence-corrected chi connectivity index (χ3v) is 5.22. The van der Waals surface area contributed by atoms with Gasteiger partial charge in [-0.1, -0.05) is 60.7 Å². The van der Waals surface area contributed by atoms with Crippen LogP contribution in [0.25, 0.3) is 32.6 Å². The quantitative estimate of drug-likeness (QED) is 0.0502. The Morgan fingerprint density at radius 3 is 2.26 bits per heavy atom. The predicted molar refractivity (Wildman–Crippen MR) is 127 cm³/mol. The van der Waals surface area contributed by atoms with E-state index >= 15 is 0 Å². The molecule has 0 fully saturated rings. The molecule has 35 heavy (non-hydrogen) atoms. The number of nitrogens with zero attached hydrogens (tertiary/aromatic N) is 2. The molecule has 0 unspecified atom stereocenters. The summed E-state index contributed by atoms with van der Waals surface area (Å²) in [7, 11) is 3.98. The van der Waals surface area contributed by atoms with Gasteiger partial charge in [-0.25, -0.2) is 0 Å². The molecule has 2 heterocycles. The first kappa shape index (κ1) is 26.8. The average molecular weight is 613 g/mol. The van der Waals surface area contributed by atoms with Crippen molar-refractivity contribution in [2.75, 3.05) is 0 Å². The number of ketones is 1. The Hall–Kier alpha value is -2.81. The van der Waals surface area contributed by atoms with Crippen molar-refractivity contribution in [3.8, 4) is 0 Å². The molecule has 0 saturated carbocycles. The average Bonchev–Trinajstić information content (AvgIpc) is 2.83. The summed E-state index contributed by atoms with van der Waals surface area (Å²) in [6.07, 6.45) is -0.819. The van der Waals surface area contributed by atoms with Crippen molar-refractivity contribution in [3.05, 3.63) is 116 Å². The maximum atomic E-state index is 12.1. The second-order valence-electron chi connectivity index (χ2n) is 7.53. The number of halogens is 3. The van der Waals surface area contributed by atoms with Crippen LogP contribution in [-0.2, 0) is 0 Å². The summed E-state index contributed by atoms with van der Waals surface area (Å²) >= 11 is 0. The Labute approximate surface area is 240 Å². The smallest absolute Gasteiger partial charge is 0.449 e. The van der Waals surface area contributed by atoms with Gasteiger partial charge in [0.25, 0.3) is 0 Å².